The Bertz CT molecular complexity index is 262. The van der Waals surface area contributed by atoms with Crippen LogP contribution in [0.1, 0.15) is 19.3 Å². The molecule has 15 heavy (non-hydrogen) atoms. The molecule has 1 atom stereocenters. The molecule has 7 nitrogen and oxygen atoms in total. The monoisotopic (exact) mass is 219 g/mol. The van der Waals surface area contributed by atoms with Gasteiger partial charge < -0.3 is 10.2 Å². The van der Waals surface area contributed by atoms with Crippen molar-refractivity contribution in [3.05, 3.63) is 0 Å². The first-order chi connectivity index (χ1) is 6.84. The van der Waals surface area contributed by atoms with Crippen molar-refractivity contribution in [3.8, 4) is 0 Å². The Kier molecular flexibility index (Phi) is 5.32. The summed E-state index contributed by atoms with van der Waals surface area (Å²) < 4.78 is 0. The van der Waals surface area contributed by atoms with Crippen LogP contribution in [0.25, 0.3) is 0 Å². The van der Waals surface area contributed by atoms with Gasteiger partial charge in [-0.1, -0.05) is 0 Å². The van der Waals surface area contributed by atoms with Gasteiger partial charge in [-0.25, -0.2) is 5.06 Å². The molecule has 0 aromatic rings. The van der Waals surface area contributed by atoms with Gasteiger partial charge in [-0.05, 0) is 6.42 Å². The molecule has 0 bridgehead atoms. The maximum Gasteiger partial charge on any atom is 0.307 e. The lowest BCUT2D eigenvalue weighted by Gasteiger charge is -2.13. The summed E-state index contributed by atoms with van der Waals surface area (Å²) in [6.07, 6.45) is -0.862. The maximum absolute atomic E-state index is 11.0. The number of hydrogen-bond acceptors (Lipinski definition) is 4. The first-order valence-corrected chi connectivity index (χ1v) is 4.24. The molecule has 1 amide bonds. The third kappa shape index (κ3) is 5.63. The number of rotatable bonds is 6. The van der Waals surface area contributed by atoms with E-state index in [1.807, 2.05) is 0 Å². The fourth-order valence-electron chi connectivity index (χ4n) is 0.953. The van der Waals surface area contributed by atoms with E-state index >= 15 is 0 Å². The van der Waals surface area contributed by atoms with Gasteiger partial charge in [0.1, 0.15) is 0 Å². The van der Waals surface area contributed by atoms with Crippen LogP contribution in [-0.4, -0.2) is 45.4 Å². The summed E-state index contributed by atoms with van der Waals surface area (Å²) in [4.78, 5) is 31.8. The van der Waals surface area contributed by atoms with Crippen LogP contribution in [0.15, 0.2) is 0 Å². The molecule has 0 aromatic heterocycles. The van der Waals surface area contributed by atoms with Crippen molar-refractivity contribution in [2.24, 2.45) is 5.92 Å². The quantitative estimate of drug-likeness (QED) is 0.420. The Balaban J connectivity index is 4.22. The second-order valence-corrected chi connectivity index (χ2v) is 3.09. The molecule has 3 N–H and O–H groups in total. The smallest absolute Gasteiger partial charge is 0.307 e. The van der Waals surface area contributed by atoms with Gasteiger partial charge in [0, 0.05) is 19.9 Å². The average molecular weight is 219 g/mol. The van der Waals surface area contributed by atoms with Crippen molar-refractivity contribution in [1.29, 1.82) is 0 Å². The number of amides is 1. The van der Waals surface area contributed by atoms with Crippen LogP contribution >= 0.6 is 0 Å². The minimum atomic E-state index is -1.24. The first kappa shape index (κ1) is 13.4. The van der Waals surface area contributed by atoms with E-state index in [1.54, 1.807) is 0 Å². The molecular weight excluding hydrogens is 206 g/mol. The van der Waals surface area contributed by atoms with E-state index in [-0.39, 0.29) is 17.9 Å². The Morgan fingerprint density at radius 3 is 2.13 bits per heavy atom. The first-order valence-electron chi connectivity index (χ1n) is 4.24. The fourth-order valence-corrected chi connectivity index (χ4v) is 0.953. The zero-order valence-corrected chi connectivity index (χ0v) is 8.21. The van der Waals surface area contributed by atoms with Crippen LogP contribution in [0.3, 0.4) is 0 Å². The summed E-state index contributed by atoms with van der Waals surface area (Å²) in [7, 11) is 1.08. The second kappa shape index (κ2) is 5.97. The van der Waals surface area contributed by atoms with Gasteiger partial charge in [-0.15, -0.1) is 0 Å². The highest BCUT2D eigenvalue weighted by molar-refractivity contribution is 5.81. The highest BCUT2D eigenvalue weighted by Gasteiger charge is 2.23. The van der Waals surface area contributed by atoms with Gasteiger partial charge in [-0.3, -0.25) is 19.6 Å². The van der Waals surface area contributed by atoms with E-state index < -0.39 is 30.2 Å². The van der Waals surface area contributed by atoms with E-state index in [9.17, 15) is 14.4 Å². The molecule has 0 spiro atoms. The normalized spacial score (nSPS) is 11.9. The summed E-state index contributed by atoms with van der Waals surface area (Å²) in [5.74, 6) is -4.20. The minimum Gasteiger partial charge on any atom is -0.481 e. The summed E-state index contributed by atoms with van der Waals surface area (Å²) >= 11 is 0. The predicted molar refractivity (Wildman–Crippen MR) is 47.2 cm³/mol. The number of hydroxylamine groups is 2. The molecule has 0 radical (unpaired) electrons. The van der Waals surface area contributed by atoms with Crippen molar-refractivity contribution in [2.75, 3.05) is 7.05 Å². The molecule has 1 unspecified atom stereocenters. The van der Waals surface area contributed by atoms with E-state index in [4.69, 9.17) is 15.4 Å². The summed E-state index contributed by atoms with van der Waals surface area (Å²) in [5, 5.41) is 26.0. The highest BCUT2D eigenvalue weighted by Crippen LogP contribution is 2.12. The Labute approximate surface area is 85.9 Å². The molecule has 0 aromatic carbocycles. The number of carbonyl (C=O) groups is 3. The lowest BCUT2D eigenvalue weighted by molar-refractivity contribution is -0.163. The van der Waals surface area contributed by atoms with Gasteiger partial charge in [0.15, 0.2) is 0 Å². The van der Waals surface area contributed by atoms with E-state index in [0.29, 0.717) is 0 Å². The van der Waals surface area contributed by atoms with E-state index in [2.05, 4.69) is 0 Å². The van der Waals surface area contributed by atoms with Gasteiger partial charge >= 0.3 is 11.9 Å². The van der Waals surface area contributed by atoms with Crippen molar-refractivity contribution in [3.63, 3.8) is 0 Å². The molecule has 0 saturated carbocycles. The van der Waals surface area contributed by atoms with Gasteiger partial charge in [-0.2, -0.15) is 0 Å². The highest BCUT2D eigenvalue weighted by atomic mass is 16.5. The lowest BCUT2D eigenvalue weighted by atomic mass is 9.99. The van der Waals surface area contributed by atoms with Crippen molar-refractivity contribution < 1.29 is 29.8 Å². The van der Waals surface area contributed by atoms with Gasteiger partial charge in [0.05, 0.1) is 5.92 Å². The molecular formula is C8H13NO6. The van der Waals surface area contributed by atoms with Crippen molar-refractivity contribution >= 4 is 17.8 Å². The standard InChI is InChI=1S/C8H13NO6/c1-9(15)6(10)4-5(8(13)14)2-3-7(11)12/h5,15H,2-4H2,1H3,(H,11,12)(H,13,14). The number of carboxylic acids is 2. The fraction of sp³-hybridized carbons (Fsp3) is 0.625. The van der Waals surface area contributed by atoms with E-state index in [0.717, 1.165) is 7.05 Å². The number of carboxylic acid groups (broad SMARTS) is 2. The molecule has 86 valence electrons. The summed E-state index contributed by atoms with van der Waals surface area (Å²) in [5.41, 5.74) is 0. The maximum atomic E-state index is 11.0. The third-order valence-corrected chi connectivity index (χ3v) is 1.84. The average Bonchev–Trinajstić information content (AvgIpc) is 2.10. The van der Waals surface area contributed by atoms with Crippen LogP contribution in [0, 0.1) is 5.92 Å². The lowest BCUT2D eigenvalue weighted by Crippen LogP contribution is -2.28. The molecule has 0 aliphatic heterocycles. The number of aliphatic carboxylic acids is 2. The molecule has 0 fully saturated rings. The number of nitrogens with zero attached hydrogens (tertiary/aromatic N) is 1. The van der Waals surface area contributed by atoms with Crippen LogP contribution in [-0.2, 0) is 14.4 Å². The summed E-state index contributed by atoms with van der Waals surface area (Å²) in [6.45, 7) is 0. The van der Waals surface area contributed by atoms with Crippen LogP contribution in [0.4, 0.5) is 0 Å². The van der Waals surface area contributed by atoms with Crippen LogP contribution in [0.5, 0.6) is 0 Å². The summed E-state index contributed by atoms with van der Waals surface area (Å²) in [6, 6.07) is 0. The number of hydrogen-bond donors (Lipinski definition) is 3. The van der Waals surface area contributed by atoms with Crippen molar-refractivity contribution in [1.82, 2.24) is 5.06 Å². The van der Waals surface area contributed by atoms with Gasteiger partial charge in [0.2, 0.25) is 5.91 Å². The van der Waals surface area contributed by atoms with E-state index in [1.165, 1.54) is 0 Å². The SMILES string of the molecule is CN(O)C(=O)CC(CCC(=O)O)C(=O)O. The molecule has 0 aliphatic rings. The largest absolute Gasteiger partial charge is 0.481 e. The molecule has 0 heterocycles. The van der Waals surface area contributed by atoms with Crippen molar-refractivity contribution in [2.45, 2.75) is 19.3 Å². The zero-order valence-electron chi connectivity index (χ0n) is 8.21. The molecule has 7 heteroatoms. The molecule has 0 saturated heterocycles. The Hall–Kier alpha value is -1.63. The molecule has 0 aliphatic carbocycles. The zero-order chi connectivity index (χ0) is 12.0. The van der Waals surface area contributed by atoms with Crippen LogP contribution in [0.2, 0.25) is 0 Å². The Morgan fingerprint density at radius 2 is 1.80 bits per heavy atom. The number of carbonyl (C=O) groups excluding carboxylic acids is 1. The minimum absolute atomic E-state index is 0.135. The van der Waals surface area contributed by atoms with Crippen LogP contribution < -0.4 is 0 Å². The second-order valence-electron chi connectivity index (χ2n) is 3.09. The Morgan fingerprint density at radius 1 is 1.27 bits per heavy atom. The third-order valence-electron chi connectivity index (χ3n) is 1.84. The molecule has 0 rings (SSSR count). The van der Waals surface area contributed by atoms with Gasteiger partial charge in [0.25, 0.3) is 0 Å². The topological polar surface area (TPSA) is 115 Å². The predicted octanol–water partition coefficient (Wildman–Crippen LogP) is -0.210.